The van der Waals surface area contributed by atoms with Gasteiger partial charge in [-0.05, 0) is 73.8 Å². The predicted molar refractivity (Wildman–Crippen MR) is 141 cm³/mol. The molecule has 226 valence electrons. The zero-order valence-electron chi connectivity index (χ0n) is 23.6. The smallest absolute Gasteiger partial charge is 0.306 e. The SMILES string of the molecule is C[C@@H]1CC2C3CCC4=CC(=O)C=CC4(C)C3C(O)CC2(C)C1C(=O)COC(=O)CCCC(CO[N+](=O)[O-])O[N+](=O)[O-]. The third-order valence-corrected chi connectivity index (χ3v) is 10.1. The molecule has 0 radical (unpaired) electrons. The number of esters is 1. The lowest BCUT2D eigenvalue weighted by atomic mass is 9.46. The van der Waals surface area contributed by atoms with E-state index < -0.39 is 52.4 Å². The van der Waals surface area contributed by atoms with Crippen LogP contribution in [0, 0.1) is 60.6 Å². The number of nitrogens with zero attached hydrogens (tertiary/aromatic N) is 2. The van der Waals surface area contributed by atoms with E-state index in [4.69, 9.17) is 4.74 Å². The summed E-state index contributed by atoms with van der Waals surface area (Å²) in [7, 11) is 0. The molecule has 9 atom stereocenters. The lowest BCUT2D eigenvalue weighted by molar-refractivity contribution is -0.790. The van der Waals surface area contributed by atoms with E-state index in [1.54, 1.807) is 12.2 Å². The second-order valence-electron chi connectivity index (χ2n) is 12.5. The van der Waals surface area contributed by atoms with Crippen molar-refractivity contribution in [1.29, 1.82) is 0 Å². The summed E-state index contributed by atoms with van der Waals surface area (Å²) in [6.07, 6.45) is 6.16. The standard InChI is InChI=1S/C28H38N2O11/c1-16-11-21-20-8-7-17-12-18(31)9-10-27(17,2)26(20)22(32)13-28(21,3)25(16)23(33)15-39-24(34)6-4-5-19(41-30(37)38)14-40-29(35)36/h9-10,12,16,19-22,25-26,32H,4-8,11,13-15H2,1-3H3/t16-,19?,20?,21?,22?,25?,26?,27?,28?/m1/s1. The van der Waals surface area contributed by atoms with E-state index >= 15 is 0 Å². The fourth-order valence-electron chi connectivity index (χ4n) is 8.60. The highest BCUT2D eigenvalue weighted by atomic mass is 17.0. The molecule has 13 heteroatoms. The second-order valence-corrected chi connectivity index (χ2v) is 12.5. The number of fused-ring (bicyclic) bond motifs is 5. The molecule has 0 amide bonds. The number of hydrogen-bond acceptors (Lipinski definition) is 11. The van der Waals surface area contributed by atoms with Gasteiger partial charge in [-0.1, -0.05) is 32.4 Å². The fourth-order valence-corrected chi connectivity index (χ4v) is 8.60. The van der Waals surface area contributed by atoms with E-state index in [0.29, 0.717) is 6.42 Å². The van der Waals surface area contributed by atoms with Crippen molar-refractivity contribution in [1.82, 2.24) is 0 Å². The summed E-state index contributed by atoms with van der Waals surface area (Å²) in [5.41, 5.74) is 0.220. The molecular weight excluding hydrogens is 540 g/mol. The van der Waals surface area contributed by atoms with Gasteiger partial charge in [-0.2, -0.15) is 0 Å². The number of aliphatic hydroxyl groups excluding tert-OH is 1. The van der Waals surface area contributed by atoms with E-state index in [2.05, 4.69) is 23.5 Å². The summed E-state index contributed by atoms with van der Waals surface area (Å²) >= 11 is 0. The Bertz CT molecular complexity index is 1150. The lowest BCUT2D eigenvalue weighted by Gasteiger charge is -2.58. The van der Waals surface area contributed by atoms with E-state index in [1.165, 1.54) is 0 Å². The van der Waals surface area contributed by atoms with Gasteiger partial charge in [0.05, 0.1) is 6.10 Å². The fraction of sp³-hybridized carbons (Fsp3) is 0.750. The van der Waals surface area contributed by atoms with Gasteiger partial charge in [-0.3, -0.25) is 14.4 Å². The van der Waals surface area contributed by atoms with Crippen LogP contribution in [-0.4, -0.2) is 58.2 Å². The van der Waals surface area contributed by atoms with E-state index in [1.807, 2.05) is 13.0 Å². The highest BCUT2D eigenvalue weighted by molar-refractivity contribution is 6.01. The van der Waals surface area contributed by atoms with Gasteiger partial charge in [0.1, 0.15) is 19.3 Å². The van der Waals surface area contributed by atoms with Crippen LogP contribution in [0.5, 0.6) is 0 Å². The Labute approximate surface area is 237 Å². The number of Topliss-reactive ketones (excluding diaryl/α,β-unsaturated/α-hetero) is 1. The maximum absolute atomic E-state index is 13.5. The Morgan fingerprint density at radius 2 is 1.95 bits per heavy atom. The summed E-state index contributed by atoms with van der Waals surface area (Å²) in [4.78, 5) is 67.3. The molecule has 0 aromatic heterocycles. The second kappa shape index (κ2) is 11.9. The molecule has 1 N–H and O–H groups in total. The van der Waals surface area contributed by atoms with Crippen LogP contribution >= 0.6 is 0 Å². The summed E-state index contributed by atoms with van der Waals surface area (Å²) in [5, 5.41) is 30.3. The highest BCUT2D eigenvalue weighted by Crippen LogP contribution is 2.67. The van der Waals surface area contributed by atoms with Crippen LogP contribution < -0.4 is 0 Å². The van der Waals surface area contributed by atoms with Crippen LogP contribution in [0.4, 0.5) is 0 Å². The molecule has 4 aliphatic rings. The minimum atomic E-state index is -1.22. The summed E-state index contributed by atoms with van der Waals surface area (Å²) < 4.78 is 5.27. The van der Waals surface area contributed by atoms with Gasteiger partial charge in [-0.25, -0.2) is 0 Å². The molecule has 41 heavy (non-hydrogen) atoms. The number of aliphatic hydroxyl groups is 1. The molecule has 0 aliphatic heterocycles. The van der Waals surface area contributed by atoms with Crippen LogP contribution in [0.25, 0.3) is 0 Å². The third-order valence-electron chi connectivity index (χ3n) is 10.1. The van der Waals surface area contributed by atoms with Gasteiger partial charge < -0.3 is 19.5 Å². The molecule has 8 unspecified atom stereocenters. The van der Waals surface area contributed by atoms with Crippen molar-refractivity contribution in [3.63, 3.8) is 0 Å². The zero-order chi connectivity index (χ0) is 30.1. The molecule has 4 rings (SSSR count). The maximum Gasteiger partial charge on any atom is 0.306 e. The molecule has 0 spiro atoms. The van der Waals surface area contributed by atoms with Crippen LogP contribution in [0.1, 0.15) is 65.7 Å². The van der Waals surface area contributed by atoms with Gasteiger partial charge in [0, 0.05) is 23.7 Å². The number of rotatable bonds is 12. The molecule has 3 fully saturated rings. The van der Waals surface area contributed by atoms with Crippen molar-refractivity contribution in [2.45, 2.75) is 77.9 Å². The Balaban J connectivity index is 1.35. The molecule has 0 bridgehead atoms. The molecule has 3 saturated carbocycles. The molecule has 0 aromatic rings. The summed E-state index contributed by atoms with van der Waals surface area (Å²) in [6, 6.07) is 0. The van der Waals surface area contributed by atoms with Crippen LogP contribution in [-0.2, 0) is 28.8 Å². The number of carbonyl (C=O) groups is 3. The van der Waals surface area contributed by atoms with Crippen molar-refractivity contribution < 1.29 is 44.1 Å². The maximum atomic E-state index is 13.5. The number of ketones is 2. The quantitative estimate of drug-likeness (QED) is 0.204. The first-order valence-electron chi connectivity index (χ1n) is 14.2. The van der Waals surface area contributed by atoms with Gasteiger partial charge in [0.25, 0.3) is 10.2 Å². The zero-order valence-corrected chi connectivity index (χ0v) is 23.6. The van der Waals surface area contributed by atoms with Gasteiger partial charge in [0.2, 0.25) is 0 Å². The molecular formula is C28H38N2O11. The van der Waals surface area contributed by atoms with E-state index in [0.717, 1.165) is 24.8 Å². The van der Waals surface area contributed by atoms with Crippen molar-refractivity contribution in [3.8, 4) is 0 Å². The monoisotopic (exact) mass is 578 g/mol. The topological polar surface area (TPSA) is 185 Å². The minimum Gasteiger partial charge on any atom is -0.458 e. The minimum absolute atomic E-state index is 0.0191. The number of carbonyl (C=O) groups excluding carboxylic acids is 3. The number of hydrogen-bond donors (Lipinski definition) is 1. The van der Waals surface area contributed by atoms with Crippen molar-refractivity contribution in [2.75, 3.05) is 13.2 Å². The lowest BCUT2D eigenvalue weighted by Crippen LogP contribution is -2.56. The van der Waals surface area contributed by atoms with Crippen LogP contribution in [0.15, 0.2) is 23.8 Å². The highest BCUT2D eigenvalue weighted by Gasteiger charge is 2.64. The normalized spacial score (nSPS) is 36.2. The van der Waals surface area contributed by atoms with Crippen molar-refractivity contribution in [3.05, 3.63) is 44.0 Å². The molecule has 13 nitrogen and oxygen atoms in total. The first-order valence-corrected chi connectivity index (χ1v) is 14.2. The Morgan fingerprint density at radius 3 is 2.63 bits per heavy atom. The number of ether oxygens (including phenoxy) is 1. The van der Waals surface area contributed by atoms with E-state index in [9.17, 15) is 39.7 Å². The van der Waals surface area contributed by atoms with Crippen LogP contribution in [0.3, 0.4) is 0 Å². The van der Waals surface area contributed by atoms with Crippen molar-refractivity contribution >= 4 is 17.5 Å². The molecule has 0 aromatic carbocycles. The Morgan fingerprint density at radius 1 is 1.22 bits per heavy atom. The Hall–Kier alpha value is -3.35. The summed E-state index contributed by atoms with van der Waals surface area (Å²) in [5.74, 6) is -0.862. The first kappa shape index (κ1) is 30.6. The summed E-state index contributed by atoms with van der Waals surface area (Å²) in [6.45, 7) is 5.15. The van der Waals surface area contributed by atoms with Crippen LogP contribution in [0.2, 0.25) is 0 Å². The molecule has 0 heterocycles. The third kappa shape index (κ3) is 6.14. The average molecular weight is 579 g/mol. The molecule has 4 aliphatic carbocycles. The van der Waals surface area contributed by atoms with Gasteiger partial charge in [0.15, 0.2) is 11.6 Å². The molecule has 0 saturated heterocycles. The Kier molecular flexibility index (Phi) is 8.86. The van der Waals surface area contributed by atoms with E-state index in [-0.39, 0.29) is 60.4 Å². The number of allylic oxidation sites excluding steroid dienone is 4. The predicted octanol–water partition coefficient (Wildman–Crippen LogP) is 3.20. The first-order chi connectivity index (χ1) is 19.3. The van der Waals surface area contributed by atoms with Gasteiger partial charge in [-0.15, -0.1) is 20.2 Å². The van der Waals surface area contributed by atoms with Gasteiger partial charge >= 0.3 is 5.97 Å². The largest absolute Gasteiger partial charge is 0.458 e. The average Bonchev–Trinajstić information content (AvgIpc) is 3.15. The van der Waals surface area contributed by atoms with Crippen molar-refractivity contribution in [2.24, 2.45) is 40.4 Å².